The van der Waals surface area contributed by atoms with Crippen LogP contribution < -0.4 is 0 Å². The van der Waals surface area contributed by atoms with E-state index in [1.165, 1.54) is 13.0 Å². The Bertz CT molecular complexity index is 974. The van der Waals surface area contributed by atoms with Gasteiger partial charge in [-0.3, -0.25) is 4.39 Å². The van der Waals surface area contributed by atoms with Crippen LogP contribution in [0.3, 0.4) is 0 Å². The molecule has 0 radical (unpaired) electrons. The fourth-order valence-corrected chi connectivity index (χ4v) is 4.52. The van der Waals surface area contributed by atoms with Crippen LogP contribution in [-0.2, 0) is 6.42 Å². The molecule has 0 N–H and O–H groups in total. The third kappa shape index (κ3) is 3.05. The topological polar surface area (TPSA) is 0 Å². The summed E-state index contributed by atoms with van der Waals surface area (Å²) in [7, 11) is 0. The van der Waals surface area contributed by atoms with Crippen LogP contribution >= 0.6 is 0 Å². The first-order chi connectivity index (χ1) is 13.4. The van der Waals surface area contributed by atoms with E-state index in [2.05, 4.69) is 0 Å². The molecule has 0 fully saturated rings. The van der Waals surface area contributed by atoms with E-state index in [0.29, 0.717) is 36.3 Å². The average Bonchev–Trinajstić information content (AvgIpc) is 3.06. The lowest BCUT2D eigenvalue weighted by Crippen LogP contribution is -2.08. The monoisotopic (exact) mass is 392 g/mol. The van der Waals surface area contributed by atoms with Crippen LogP contribution in [0.5, 0.6) is 0 Å². The standard InChI is InChI=1S/C23H21F5/c1-12-9-15-10-16-11-17(14-6-4-13(5-7-14)3-2-8-24)21(26)23(28)19(16)18(15)22(27)20(12)25/h6,9,11,13H,2-5,7-8,10H2,1H3. The zero-order valence-electron chi connectivity index (χ0n) is 15.6. The Kier molecular flexibility index (Phi) is 5.02. The van der Waals surface area contributed by atoms with Crippen LogP contribution in [0.4, 0.5) is 22.0 Å². The van der Waals surface area contributed by atoms with Crippen molar-refractivity contribution in [3.63, 3.8) is 0 Å². The molecule has 0 aromatic heterocycles. The fraction of sp³-hybridized carbons (Fsp3) is 0.391. The van der Waals surface area contributed by atoms with Gasteiger partial charge in [0, 0.05) is 16.7 Å². The Morgan fingerprint density at radius 2 is 1.61 bits per heavy atom. The minimum atomic E-state index is -1.12. The molecule has 2 aromatic carbocycles. The molecule has 0 amide bonds. The summed E-state index contributed by atoms with van der Waals surface area (Å²) >= 11 is 0. The molecular formula is C23H21F5. The number of allylic oxidation sites excluding steroid dienone is 2. The van der Waals surface area contributed by atoms with Crippen molar-refractivity contribution in [2.75, 3.05) is 6.67 Å². The number of hydrogen-bond donors (Lipinski definition) is 0. The molecule has 0 aliphatic heterocycles. The van der Waals surface area contributed by atoms with E-state index in [4.69, 9.17) is 0 Å². The predicted octanol–water partition coefficient (Wildman–Crippen LogP) is 7.06. The lowest BCUT2D eigenvalue weighted by atomic mass is 9.83. The lowest BCUT2D eigenvalue weighted by Gasteiger charge is -2.22. The molecule has 2 aliphatic rings. The molecule has 0 saturated heterocycles. The Balaban J connectivity index is 1.73. The molecule has 0 saturated carbocycles. The molecule has 4 rings (SSSR count). The predicted molar refractivity (Wildman–Crippen MR) is 99.8 cm³/mol. The minimum Gasteiger partial charge on any atom is -0.251 e. The number of benzene rings is 2. The van der Waals surface area contributed by atoms with Crippen LogP contribution in [-0.4, -0.2) is 6.67 Å². The molecule has 0 spiro atoms. The van der Waals surface area contributed by atoms with Crippen LogP contribution in [0.2, 0.25) is 0 Å². The van der Waals surface area contributed by atoms with Crippen molar-refractivity contribution in [3.05, 3.63) is 63.7 Å². The summed E-state index contributed by atoms with van der Waals surface area (Å²) in [6, 6.07) is 3.08. The van der Waals surface area contributed by atoms with Crippen molar-refractivity contribution in [3.8, 4) is 11.1 Å². The van der Waals surface area contributed by atoms with Gasteiger partial charge in [0.2, 0.25) is 0 Å². The first-order valence-electron chi connectivity index (χ1n) is 9.66. The van der Waals surface area contributed by atoms with Crippen molar-refractivity contribution in [2.24, 2.45) is 5.92 Å². The van der Waals surface area contributed by atoms with Crippen molar-refractivity contribution < 1.29 is 22.0 Å². The van der Waals surface area contributed by atoms with Gasteiger partial charge in [-0.1, -0.05) is 12.1 Å². The maximum absolute atomic E-state index is 14.9. The molecule has 28 heavy (non-hydrogen) atoms. The SMILES string of the molecule is Cc1cc2c(c(F)c1F)-c1c(cc(C3=CCC(CCCF)CC3)c(F)c1F)C2. The molecule has 0 heterocycles. The second-order valence-corrected chi connectivity index (χ2v) is 7.82. The summed E-state index contributed by atoms with van der Waals surface area (Å²) in [5.74, 6) is -3.90. The van der Waals surface area contributed by atoms with E-state index in [-0.39, 0.29) is 35.3 Å². The molecule has 5 heteroatoms. The van der Waals surface area contributed by atoms with E-state index in [9.17, 15) is 22.0 Å². The van der Waals surface area contributed by atoms with Gasteiger partial charge in [0.25, 0.3) is 0 Å². The highest BCUT2D eigenvalue weighted by molar-refractivity contribution is 5.81. The molecular weight excluding hydrogens is 371 g/mol. The van der Waals surface area contributed by atoms with Crippen molar-refractivity contribution in [1.29, 1.82) is 0 Å². The van der Waals surface area contributed by atoms with Gasteiger partial charge in [0.1, 0.15) is 0 Å². The second-order valence-electron chi connectivity index (χ2n) is 7.82. The number of aryl methyl sites for hydroxylation is 1. The largest absolute Gasteiger partial charge is 0.251 e. The molecule has 0 bridgehead atoms. The summed E-state index contributed by atoms with van der Waals surface area (Å²) in [6.07, 6.45) is 5.59. The summed E-state index contributed by atoms with van der Waals surface area (Å²) in [4.78, 5) is 0. The van der Waals surface area contributed by atoms with Gasteiger partial charge in [-0.25, -0.2) is 17.6 Å². The summed E-state index contributed by atoms with van der Waals surface area (Å²) in [5.41, 5.74) is 1.72. The third-order valence-electron chi connectivity index (χ3n) is 6.00. The number of hydrogen-bond acceptors (Lipinski definition) is 0. The van der Waals surface area contributed by atoms with E-state index in [1.54, 1.807) is 6.07 Å². The zero-order chi connectivity index (χ0) is 20.0. The molecule has 1 unspecified atom stereocenters. The number of fused-ring (bicyclic) bond motifs is 3. The summed E-state index contributed by atoms with van der Waals surface area (Å²) < 4.78 is 70.6. The van der Waals surface area contributed by atoms with E-state index >= 15 is 0 Å². The first-order valence-corrected chi connectivity index (χ1v) is 9.66. The fourth-order valence-electron chi connectivity index (χ4n) is 4.52. The smallest absolute Gasteiger partial charge is 0.167 e. The first kappa shape index (κ1) is 19.2. The molecule has 1 atom stereocenters. The highest BCUT2D eigenvalue weighted by Gasteiger charge is 2.32. The molecule has 0 nitrogen and oxygen atoms in total. The number of rotatable bonds is 4. The molecule has 148 valence electrons. The van der Waals surface area contributed by atoms with Gasteiger partial charge in [-0.05, 0) is 79.7 Å². The van der Waals surface area contributed by atoms with Gasteiger partial charge in [-0.15, -0.1) is 0 Å². The van der Waals surface area contributed by atoms with Gasteiger partial charge in [0.05, 0.1) is 6.67 Å². The third-order valence-corrected chi connectivity index (χ3v) is 6.00. The maximum atomic E-state index is 14.9. The maximum Gasteiger partial charge on any atom is 0.167 e. The highest BCUT2D eigenvalue weighted by atomic mass is 19.2. The number of halogens is 5. The Labute approximate surface area is 161 Å². The van der Waals surface area contributed by atoms with E-state index < -0.39 is 23.3 Å². The lowest BCUT2D eigenvalue weighted by molar-refractivity contribution is 0.385. The van der Waals surface area contributed by atoms with Crippen LogP contribution in [0.1, 0.15) is 54.4 Å². The van der Waals surface area contributed by atoms with Crippen molar-refractivity contribution in [1.82, 2.24) is 0 Å². The van der Waals surface area contributed by atoms with E-state index in [1.807, 2.05) is 6.08 Å². The van der Waals surface area contributed by atoms with E-state index in [0.717, 1.165) is 18.4 Å². The van der Waals surface area contributed by atoms with Gasteiger partial charge in [-0.2, -0.15) is 0 Å². The van der Waals surface area contributed by atoms with Crippen molar-refractivity contribution >= 4 is 5.57 Å². The van der Waals surface area contributed by atoms with Gasteiger partial charge < -0.3 is 0 Å². The highest BCUT2D eigenvalue weighted by Crippen LogP contribution is 2.45. The average molecular weight is 392 g/mol. The van der Waals surface area contributed by atoms with Gasteiger partial charge in [0.15, 0.2) is 23.3 Å². The van der Waals surface area contributed by atoms with Crippen LogP contribution in [0.25, 0.3) is 16.7 Å². The Hall–Kier alpha value is -2.17. The summed E-state index contributed by atoms with van der Waals surface area (Å²) in [6.45, 7) is 1.12. The molecule has 2 aliphatic carbocycles. The summed E-state index contributed by atoms with van der Waals surface area (Å²) in [5, 5.41) is 0. The quantitative estimate of drug-likeness (QED) is 0.417. The normalized spacial score (nSPS) is 18.1. The Morgan fingerprint density at radius 3 is 2.25 bits per heavy atom. The van der Waals surface area contributed by atoms with Gasteiger partial charge >= 0.3 is 0 Å². The second kappa shape index (κ2) is 7.34. The molecule has 2 aromatic rings. The van der Waals surface area contributed by atoms with Crippen molar-refractivity contribution in [2.45, 2.75) is 45.4 Å². The van der Waals surface area contributed by atoms with Crippen LogP contribution in [0, 0.1) is 36.1 Å². The minimum absolute atomic E-state index is 0.152. The van der Waals surface area contributed by atoms with Crippen LogP contribution in [0.15, 0.2) is 18.2 Å². The Morgan fingerprint density at radius 1 is 0.929 bits per heavy atom. The zero-order valence-corrected chi connectivity index (χ0v) is 15.6. The number of alkyl halides is 1.